The number of hydrogen-bond acceptors (Lipinski definition) is 4. The lowest BCUT2D eigenvalue weighted by atomic mass is 10.1. The van der Waals surface area contributed by atoms with Crippen LogP contribution in [0.5, 0.6) is 0 Å². The minimum Gasteiger partial charge on any atom is -0.356 e. The van der Waals surface area contributed by atoms with Crippen LogP contribution in [0.2, 0.25) is 0 Å². The van der Waals surface area contributed by atoms with Crippen LogP contribution in [0.1, 0.15) is 26.2 Å². The smallest absolute Gasteiger partial charge is 0.249 e. The Labute approximate surface area is 98.3 Å². The highest BCUT2D eigenvalue weighted by Crippen LogP contribution is 2.04. The third-order valence-electron chi connectivity index (χ3n) is 2.30. The Balaban J connectivity index is 2.28. The van der Waals surface area contributed by atoms with E-state index in [0.29, 0.717) is 6.42 Å². The van der Waals surface area contributed by atoms with Crippen LogP contribution in [-0.2, 0) is 19.2 Å². The monoisotopic (exact) mass is 241 g/mol. The second-order valence-electron chi connectivity index (χ2n) is 3.80. The summed E-state index contributed by atoms with van der Waals surface area (Å²) in [5, 5.41) is 7.13. The fraction of sp³-hybridized carbons (Fsp3) is 0.600. The molecule has 1 aliphatic rings. The SMILES string of the molecule is CC(=O)NCCC(=O)NC1CCC(=O)NC1=O. The summed E-state index contributed by atoms with van der Waals surface area (Å²) in [4.78, 5) is 44.1. The highest BCUT2D eigenvalue weighted by Gasteiger charge is 2.27. The van der Waals surface area contributed by atoms with Gasteiger partial charge in [-0.05, 0) is 6.42 Å². The number of piperidine rings is 1. The molecule has 0 aliphatic carbocycles. The maximum Gasteiger partial charge on any atom is 0.249 e. The van der Waals surface area contributed by atoms with Crippen LogP contribution in [0.25, 0.3) is 0 Å². The molecule has 7 nitrogen and oxygen atoms in total. The van der Waals surface area contributed by atoms with Crippen LogP contribution >= 0.6 is 0 Å². The predicted octanol–water partition coefficient (Wildman–Crippen LogP) is -1.57. The molecule has 3 N–H and O–H groups in total. The summed E-state index contributed by atoms with van der Waals surface area (Å²) in [6.07, 6.45) is 0.649. The molecule has 1 aliphatic heterocycles. The highest BCUT2D eigenvalue weighted by atomic mass is 16.2. The van der Waals surface area contributed by atoms with Crippen LogP contribution < -0.4 is 16.0 Å². The summed E-state index contributed by atoms with van der Waals surface area (Å²) in [6, 6.07) is -0.655. The van der Waals surface area contributed by atoms with E-state index in [9.17, 15) is 19.2 Å². The molecular formula is C10H15N3O4. The third kappa shape index (κ3) is 4.62. The largest absolute Gasteiger partial charge is 0.356 e. The quantitative estimate of drug-likeness (QED) is 0.517. The van der Waals surface area contributed by atoms with Gasteiger partial charge in [0.15, 0.2) is 0 Å². The fourth-order valence-electron chi connectivity index (χ4n) is 1.45. The highest BCUT2D eigenvalue weighted by molar-refractivity contribution is 6.01. The topological polar surface area (TPSA) is 104 Å². The fourth-order valence-corrected chi connectivity index (χ4v) is 1.45. The number of amides is 4. The molecule has 1 atom stereocenters. The van der Waals surface area contributed by atoms with Crippen molar-refractivity contribution in [3.63, 3.8) is 0 Å². The Morgan fingerprint density at radius 1 is 1.41 bits per heavy atom. The van der Waals surface area contributed by atoms with Crippen LogP contribution in [0.15, 0.2) is 0 Å². The van der Waals surface area contributed by atoms with Gasteiger partial charge in [-0.15, -0.1) is 0 Å². The van der Waals surface area contributed by atoms with Gasteiger partial charge < -0.3 is 10.6 Å². The molecule has 1 saturated heterocycles. The Kier molecular flexibility index (Phi) is 4.62. The minimum absolute atomic E-state index is 0.108. The summed E-state index contributed by atoms with van der Waals surface area (Å²) >= 11 is 0. The maximum absolute atomic E-state index is 11.4. The number of hydrogen-bond donors (Lipinski definition) is 3. The first-order valence-electron chi connectivity index (χ1n) is 5.36. The molecule has 0 aromatic heterocycles. The summed E-state index contributed by atoms with van der Waals surface area (Å²) in [5.41, 5.74) is 0. The zero-order valence-corrected chi connectivity index (χ0v) is 9.54. The van der Waals surface area contributed by atoms with Crippen LogP contribution in [-0.4, -0.2) is 36.2 Å². The average Bonchev–Trinajstić information content (AvgIpc) is 2.21. The Bertz CT molecular complexity index is 353. The second-order valence-corrected chi connectivity index (χ2v) is 3.80. The van der Waals surface area contributed by atoms with Gasteiger partial charge in [0.2, 0.25) is 23.6 Å². The van der Waals surface area contributed by atoms with Crippen molar-refractivity contribution in [2.75, 3.05) is 6.54 Å². The lowest BCUT2D eigenvalue weighted by Gasteiger charge is -2.21. The first-order chi connectivity index (χ1) is 7.99. The average molecular weight is 241 g/mol. The van der Waals surface area contributed by atoms with Crippen molar-refractivity contribution < 1.29 is 19.2 Å². The summed E-state index contributed by atoms with van der Waals surface area (Å²) in [5.74, 6) is -1.33. The standard InChI is InChI=1S/C10H15N3O4/c1-6(14)11-5-4-9(16)12-7-2-3-8(15)13-10(7)17/h7H,2-5H2,1H3,(H,11,14)(H,12,16)(H,13,15,17). The molecule has 0 saturated carbocycles. The number of rotatable bonds is 4. The van der Waals surface area contributed by atoms with Crippen molar-refractivity contribution in [2.24, 2.45) is 0 Å². The zero-order chi connectivity index (χ0) is 12.8. The molecule has 0 aromatic rings. The van der Waals surface area contributed by atoms with Gasteiger partial charge in [-0.3, -0.25) is 24.5 Å². The van der Waals surface area contributed by atoms with E-state index in [1.54, 1.807) is 0 Å². The normalized spacial score (nSPS) is 19.5. The van der Waals surface area contributed by atoms with E-state index in [1.165, 1.54) is 6.92 Å². The van der Waals surface area contributed by atoms with Gasteiger partial charge in [0, 0.05) is 26.3 Å². The van der Waals surface area contributed by atoms with E-state index < -0.39 is 11.9 Å². The predicted molar refractivity (Wildman–Crippen MR) is 57.6 cm³/mol. The molecule has 0 spiro atoms. The molecule has 1 unspecified atom stereocenters. The van der Waals surface area contributed by atoms with Gasteiger partial charge in [0.25, 0.3) is 0 Å². The molecule has 17 heavy (non-hydrogen) atoms. The molecular weight excluding hydrogens is 226 g/mol. The Hall–Kier alpha value is -1.92. The van der Waals surface area contributed by atoms with Crippen molar-refractivity contribution in [1.29, 1.82) is 0 Å². The van der Waals surface area contributed by atoms with Gasteiger partial charge >= 0.3 is 0 Å². The minimum atomic E-state index is -0.655. The number of carbonyl (C=O) groups excluding carboxylic acids is 4. The zero-order valence-electron chi connectivity index (χ0n) is 9.54. The molecule has 1 rings (SSSR count). The molecule has 0 aromatic carbocycles. The molecule has 1 fully saturated rings. The van der Waals surface area contributed by atoms with Crippen LogP contribution in [0, 0.1) is 0 Å². The van der Waals surface area contributed by atoms with Gasteiger partial charge in [0.05, 0.1) is 0 Å². The second kappa shape index (κ2) is 5.97. The van der Waals surface area contributed by atoms with Gasteiger partial charge in [-0.25, -0.2) is 0 Å². The Morgan fingerprint density at radius 2 is 2.12 bits per heavy atom. The lowest BCUT2D eigenvalue weighted by molar-refractivity contribution is -0.137. The van der Waals surface area contributed by atoms with E-state index >= 15 is 0 Å². The summed E-state index contributed by atoms with van der Waals surface area (Å²) in [7, 11) is 0. The van der Waals surface area contributed by atoms with E-state index in [1.807, 2.05) is 0 Å². The van der Waals surface area contributed by atoms with Crippen LogP contribution in [0.3, 0.4) is 0 Å². The molecule has 94 valence electrons. The van der Waals surface area contributed by atoms with Gasteiger partial charge in [-0.2, -0.15) is 0 Å². The number of imide groups is 1. The maximum atomic E-state index is 11.4. The van der Waals surface area contributed by atoms with E-state index in [-0.39, 0.29) is 37.1 Å². The molecule has 4 amide bonds. The number of nitrogens with one attached hydrogen (secondary N) is 3. The van der Waals surface area contributed by atoms with Gasteiger partial charge in [-0.1, -0.05) is 0 Å². The first kappa shape index (κ1) is 13.1. The molecule has 7 heteroatoms. The van der Waals surface area contributed by atoms with Crippen molar-refractivity contribution in [3.05, 3.63) is 0 Å². The first-order valence-corrected chi connectivity index (χ1v) is 5.36. The van der Waals surface area contributed by atoms with E-state index in [4.69, 9.17) is 0 Å². The molecule has 0 bridgehead atoms. The summed E-state index contributed by atoms with van der Waals surface area (Å²) < 4.78 is 0. The van der Waals surface area contributed by atoms with E-state index in [0.717, 1.165) is 0 Å². The molecule has 1 heterocycles. The van der Waals surface area contributed by atoms with Crippen molar-refractivity contribution in [3.8, 4) is 0 Å². The van der Waals surface area contributed by atoms with Gasteiger partial charge in [0.1, 0.15) is 6.04 Å². The lowest BCUT2D eigenvalue weighted by Crippen LogP contribution is -2.52. The summed E-state index contributed by atoms with van der Waals surface area (Å²) in [6.45, 7) is 1.59. The van der Waals surface area contributed by atoms with Crippen molar-refractivity contribution in [1.82, 2.24) is 16.0 Å². The van der Waals surface area contributed by atoms with E-state index in [2.05, 4.69) is 16.0 Å². The number of carbonyl (C=O) groups is 4. The van der Waals surface area contributed by atoms with Crippen molar-refractivity contribution in [2.45, 2.75) is 32.2 Å². The third-order valence-corrected chi connectivity index (χ3v) is 2.30. The van der Waals surface area contributed by atoms with Crippen molar-refractivity contribution >= 4 is 23.6 Å². The molecule has 0 radical (unpaired) electrons. The Morgan fingerprint density at radius 3 is 2.71 bits per heavy atom. The van der Waals surface area contributed by atoms with Crippen LogP contribution in [0.4, 0.5) is 0 Å².